The van der Waals surface area contributed by atoms with Gasteiger partial charge in [-0.3, -0.25) is 13.9 Å². The number of rotatable bonds is 5. The van der Waals surface area contributed by atoms with Crippen LogP contribution in [0.2, 0.25) is 5.02 Å². The Bertz CT molecular complexity index is 1080. The van der Waals surface area contributed by atoms with Crippen molar-refractivity contribution in [1.82, 2.24) is 19.1 Å². The van der Waals surface area contributed by atoms with Gasteiger partial charge in [0.2, 0.25) is 0 Å². The monoisotopic (exact) mass is 392 g/mol. The Morgan fingerprint density at radius 1 is 1.12 bits per heavy atom. The molecule has 9 heteroatoms. The van der Waals surface area contributed by atoms with Gasteiger partial charge < -0.3 is 4.74 Å². The first kappa shape index (κ1) is 18.6. The van der Waals surface area contributed by atoms with Crippen LogP contribution in [0.25, 0.3) is 22.4 Å². The average molecular weight is 393 g/mol. The molecule has 1 aromatic carbocycles. The maximum Gasteiger partial charge on any atom is 0.332 e. The van der Waals surface area contributed by atoms with E-state index in [2.05, 4.69) is 9.97 Å². The van der Waals surface area contributed by atoms with Crippen molar-refractivity contribution in [2.45, 2.75) is 5.03 Å². The smallest absolute Gasteiger partial charge is 0.332 e. The number of aromatic nitrogens is 4. The van der Waals surface area contributed by atoms with Crippen molar-refractivity contribution in [3.63, 3.8) is 0 Å². The number of fused-ring (bicyclic) bond motifs is 1. The largest absolute Gasteiger partial charge is 0.384 e. The summed E-state index contributed by atoms with van der Waals surface area (Å²) in [5.74, 6) is 1.05. The minimum atomic E-state index is -0.434. The van der Waals surface area contributed by atoms with Crippen LogP contribution < -0.4 is 11.2 Å². The predicted molar refractivity (Wildman–Crippen MR) is 103 cm³/mol. The number of ether oxygens (including phenoxy) is 1. The molecule has 0 N–H and O–H groups in total. The molecule has 0 aliphatic rings. The molecule has 0 saturated carbocycles. The summed E-state index contributed by atoms with van der Waals surface area (Å²) in [6.45, 7) is 0.512. The van der Waals surface area contributed by atoms with E-state index < -0.39 is 11.2 Å². The molecule has 136 valence electrons. The zero-order valence-corrected chi connectivity index (χ0v) is 16.1. The molecule has 0 fully saturated rings. The number of nitrogens with zero attached hydrogens (tertiary/aromatic N) is 4. The van der Waals surface area contributed by atoms with Gasteiger partial charge in [-0.15, -0.1) is 11.8 Å². The Labute approximate surface area is 158 Å². The van der Waals surface area contributed by atoms with Crippen molar-refractivity contribution in [1.29, 1.82) is 0 Å². The van der Waals surface area contributed by atoms with Crippen LogP contribution in [0.3, 0.4) is 0 Å². The van der Waals surface area contributed by atoms with Gasteiger partial charge in [-0.05, 0) is 24.3 Å². The number of thioether (sulfide) groups is 1. The third kappa shape index (κ3) is 3.40. The molecule has 0 saturated heterocycles. The second-order valence-corrected chi connectivity index (χ2v) is 7.12. The van der Waals surface area contributed by atoms with Crippen molar-refractivity contribution < 1.29 is 4.74 Å². The molecule has 2 heterocycles. The summed E-state index contributed by atoms with van der Waals surface area (Å²) in [6, 6.07) is 7.08. The standard InChI is InChI=1S/C17H17ClN4O3S/c1-21-14-12(16(23)22(2)17(21)24)15(26-9-8-25-3)20-13(19-14)10-4-6-11(18)7-5-10/h4-7H,8-9H2,1-3H3. The molecule has 0 bridgehead atoms. The van der Waals surface area contributed by atoms with E-state index in [-0.39, 0.29) is 0 Å². The van der Waals surface area contributed by atoms with Crippen LogP contribution in [0, 0.1) is 0 Å². The summed E-state index contributed by atoms with van der Waals surface area (Å²) in [6.07, 6.45) is 0. The Morgan fingerprint density at radius 3 is 2.46 bits per heavy atom. The highest BCUT2D eigenvalue weighted by Gasteiger charge is 2.18. The summed E-state index contributed by atoms with van der Waals surface area (Å²) >= 11 is 7.34. The lowest BCUT2D eigenvalue weighted by atomic mass is 10.2. The summed E-state index contributed by atoms with van der Waals surface area (Å²) in [7, 11) is 4.65. The van der Waals surface area contributed by atoms with Gasteiger partial charge in [0.05, 0.1) is 6.61 Å². The van der Waals surface area contributed by atoms with Crippen molar-refractivity contribution in [3.8, 4) is 11.4 Å². The molecule has 0 spiro atoms. The quantitative estimate of drug-likeness (QED) is 0.376. The van der Waals surface area contributed by atoms with E-state index >= 15 is 0 Å². The molecular weight excluding hydrogens is 376 g/mol. The maximum atomic E-state index is 12.7. The van der Waals surface area contributed by atoms with Crippen molar-refractivity contribution in [2.24, 2.45) is 14.1 Å². The minimum absolute atomic E-state index is 0.304. The van der Waals surface area contributed by atoms with Gasteiger partial charge in [0.15, 0.2) is 11.5 Å². The van der Waals surface area contributed by atoms with Crippen LogP contribution in [0.15, 0.2) is 38.9 Å². The van der Waals surface area contributed by atoms with E-state index in [1.54, 1.807) is 38.4 Å². The third-order valence-electron chi connectivity index (χ3n) is 3.90. The van der Waals surface area contributed by atoms with Crippen LogP contribution in [-0.4, -0.2) is 38.6 Å². The number of halogens is 1. The van der Waals surface area contributed by atoms with Gasteiger partial charge >= 0.3 is 5.69 Å². The summed E-state index contributed by atoms with van der Waals surface area (Å²) in [4.78, 5) is 34.0. The topological polar surface area (TPSA) is 79.0 Å². The fourth-order valence-corrected chi connectivity index (χ4v) is 3.53. The van der Waals surface area contributed by atoms with Gasteiger partial charge in [-0.1, -0.05) is 11.6 Å². The second-order valence-electron chi connectivity index (χ2n) is 5.60. The number of methoxy groups -OCH3 is 1. The highest BCUT2D eigenvalue weighted by molar-refractivity contribution is 7.99. The SMILES string of the molecule is COCCSc1nc(-c2ccc(Cl)cc2)nc2c1c(=O)n(C)c(=O)n2C. The molecule has 0 atom stereocenters. The predicted octanol–water partition coefficient (Wildman–Crippen LogP) is 2.09. The minimum Gasteiger partial charge on any atom is -0.384 e. The van der Waals surface area contributed by atoms with Crippen LogP contribution in [0.1, 0.15) is 0 Å². The lowest BCUT2D eigenvalue weighted by Crippen LogP contribution is -2.37. The van der Waals surface area contributed by atoms with Gasteiger partial charge in [-0.2, -0.15) is 0 Å². The molecule has 3 rings (SSSR count). The molecule has 26 heavy (non-hydrogen) atoms. The van der Waals surface area contributed by atoms with Gasteiger partial charge in [-0.25, -0.2) is 14.8 Å². The molecule has 0 amide bonds. The van der Waals surface area contributed by atoms with Gasteiger partial charge in [0.25, 0.3) is 5.56 Å². The highest BCUT2D eigenvalue weighted by atomic mass is 35.5. The number of benzene rings is 1. The third-order valence-corrected chi connectivity index (χ3v) is 5.09. The van der Waals surface area contributed by atoms with E-state index in [1.807, 2.05) is 0 Å². The Kier molecular flexibility index (Phi) is 5.45. The van der Waals surface area contributed by atoms with E-state index in [4.69, 9.17) is 16.3 Å². The summed E-state index contributed by atoms with van der Waals surface area (Å²) in [5, 5.41) is 1.45. The Balaban J connectivity index is 2.30. The molecule has 0 aliphatic carbocycles. The highest BCUT2D eigenvalue weighted by Crippen LogP contribution is 2.26. The molecular formula is C17H17ClN4O3S. The van der Waals surface area contributed by atoms with Crippen molar-refractivity contribution >= 4 is 34.4 Å². The molecule has 2 aromatic heterocycles. The second kappa shape index (κ2) is 7.61. The fourth-order valence-electron chi connectivity index (χ4n) is 2.48. The first-order valence-electron chi connectivity index (χ1n) is 7.79. The summed E-state index contributed by atoms with van der Waals surface area (Å²) < 4.78 is 7.51. The molecule has 0 unspecified atom stereocenters. The first-order valence-corrected chi connectivity index (χ1v) is 9.16. The van der Waals surface area contributed by atoms with E-state index in [0.717, 1.165) is 10.1 Å². The first-order chi connectivity index (χ1) is 12.4. The Hall–Kier alpha value is -2.16. The average Bonchev–Trinajstić information content (AvgIpc) is 2.65. The summed E-state index contributed by atoms with van der Waals surface area (Å²) in [5.41, 5.74) is 0.206. The van der Waals surface area contributed by atoms with Crippen LogP contribution in [0.5, 0.6) is 0 Å². The number of hydrogen-bond acceptors (Lipinski definition) is 6. The lowest BCUT2D eigenvalue weighted by molar-refractivity contribution is 0.218. The lowest BCUT2D eigenvalue weighted by Gasteiger charge is -2.12. The van der Waals surface area contributed by atoms with Crippen molar-refractivity contribution in [2.75, 3.05) is 19.5 Å². The molecule has 3 aromatic rings. The molecule has 7 nitrogen and oxygen atoms in total. The van der Waals surface area contributed by atoms with E-state index in [1.165, 1.54) is 23.4 Å². The fraction of sp³-hybridized carbons (Fsp3) is 0.294. The normalized spacial score (nSPS) is 11.2. The van der Waals surface area contributed by atoms with Crippen LogP contribution >= 0.6 is 23.4 Å². The Morgan fingerprint density at radius 2 is 1.81 bits per heavy atom. The molecule has 0 radical (unpaired) electrons. The number of hydrogen-bond donors (Lipinski definition) is 0. The zero-order valence-electron chi connectivity index (χ0n) is 14.5. The van der Waals surface area contributed by atoms with Gasteiger partial charge in [0, 0.05) is 37.5 Å². The van der Waals surface area contributed by atoms with Gasteiger partial charge in [0.1, 0.15) is 10.4 Å². The maximum absolute atomic E-state index is 12.7. The number of aryl methyl sites for hydroxylation is 1. The zero-order chi connectivity index (χ0) is 18.8. The van der Waals surface area contributed by atoms with E-state index in [9.17, 15) is 9.59 Å². The molecule has 0 aliphatic heterocycles. The van der Waals surface area contributed by atoms with E-state index in [0.29, 0.717) is 39.3 Å². The van der Waals surface area contributed by atoms with Crippen molar-refractivity contribution in [3.05, 3.63) is 50.1 Å². The van der Waals surface area contributed by atoms with Crippen LogP contribution in [0.4, 0.5) is 0 Å². The van der Waals surface area contributed by atoms with Crippen LogP contribution in [-0.2, 0) is 18.8 Å².